The van der Waals surface area contributed by atoms with Gasteiger partial charge in [-0.1, -0.05) is 0 Å². The van der Waals surface area contributed by atoms with Crippen LogP contribution < -0.4 is 0 Å². The van der Waals surface area contributed by atoms with Crippen LogP contribution in [0.15, 0.2) is 0 Å². The summed E-state index contributed by atoms with van der Waals surface area (Å²) >= 11 is 0. The lowest BCUT2D eigenvalue weighted by molar-refractivity contribution is -0.392. The van der Waals surface area contributed by atoms with E-state index in [2.05, 4.69) is 0 Å². The van der Waals surface area contributed by atoms with E-state index in [9.17, 15) is 31.1 Å². The Bertz CT molecular complexity index is 392. The van der Waals surface area contributed by atoms with E-state index in [1.165, 1.54) is 20.8 Å². The average molecular weight is 323 g/mol. The monoisotopic (exact) mass is 323 g/mol. The smallest absolute Gasteiger partial charge is 0.426 e. The molecule has 1 aliphatic heterocycles. The summed E-state index contributed by atoms with van der Waals surface area (Å²) < 4.78 is 80.2. The number of carbonyl (C=O) groups excluding carboxylic acids is 1. The van der Waals surface area contributed by atoms with Crippen LogP contribution in [-0.4, -0.2) is 52.7 Å². The fourth-order valence-electron chi connectivity index (χ4n) is 1.84. The largest absolute Gasteiger partial charge is 0.444 e. The Kier molecular flexibility index (Phi) is 4.19. The number of aliphatic hydroxyl groups is 1. The van der Waals surface area contributed by atoms with Crippen LogP contribution in [0.3, 0.4) is 0 Å². The SMILES string of the molecule is CC(C)(C)OC(=O)N1CC(C(O)(C(F)(F)F)C(F)(F)F)C1. The minimum atomic E-state index is -5.88. The zero-order chi connectivity index (χ0) is 16.9. The van der Waals surface area contributed by atoms with Gasteiger partial charge in [0.25, 0.3) is 5.60 Å². The molecule has 0 aliphatic carbocycles. The molecule has 0 aromatic rings. The highest BCUT2D eigenvalue weighted by Crippen LogP contribution is 2.50. The van der Waals surface area contributed by atoms with Gasteiger partial charge in [0.1, 0.15) is 5.60 Å². The third-order valence-corrected chi connectivity index (χ3v) is 2.99. The van der Waals surface area contributed by atoms with Gasteiger partial charge < -0.3 is 14.7 Å². The maximum absolute atomic E-state index is 12.6. The van der Waals surface area contributed by atoms with Gasteiger partial charge >= 0.3 is 18.4 Å². The van der Waals surface area contributed by atoms with Gasteiger partial charge in [0.15, 0.2) is 0 Å². The molecule has 1 aliphatic rings. The van der Waals surface area contributed by atoms with Crippen molar-refractivity contribution in [3.8, 4) is 0 Å². The van der Waals surface area contributed by atoms with Gasteiger partial charge in [0.2, 0.25) is 0 Å². The van der Waals surface area contributed by atoms with E-state index in [4.69, 9.17) is 9.84 Å². The molecule has 0 bridgehead atoms. The van der Waals surface area contributed by atoms with Crippen molar-refractivity contribution >= 4 is 6.09 Å². The third-order valence-electron chi connectivity index (χ3n) is 2.99. The minimum absolute atomic E-state index is 0.679. The Morgan fingerprint density at radius 2 is 1.43 bits per heavy atom. The Morgan fingerprint density at radius 1 is 1.05 bits per heavy atom. The van der Waals surface area contributed by atoms with Gasteiger partial charge in [-0.25, -0.2) is 4.79 Å². The van der Waals surface area contributed by atoms with E-state index in [1.807, 2.05) is 0 Å². The molecule has 1 N–H and O–H groups in total. The molecule has 1 amide bonds. The molecule has 0 atom stereocenters. The van der Waals surface area contributed by atoms with Gasteiger partial charge in [-0.2, -0.15) is 26.3 Å². The first kappa shape index (κ1) is 17.9. The van der Waals surface area contributed by atoms with E-state index >= 15 is 0 Å². The number of carbonyl (C=O) groups is 1. The second-order valence-corrected chi connectivity index (χ2v) is 5.84. The summed E-state index contributed by atoms with van der Waals surface area (Å²) in [6, 6.07) is 0. The Balaban J connectivity index is 2.80. The lowest BCUT2D eigenvalue weighted by Gasteiger charge is -2.48. The van der Waals surface area contributed by atoms with Crippen LogP contribution in [0.5, 0.6) is 0 Å². The van der Waals surface area contributed by atoms with Crippen LogP contribution in [-0.2, 0) is 4.74 Å². The van der Waals surface area contributed by atoms with Crippen molar-refractivity contribution in [1.29, 1.82) is 0 Å². The molecule has 0 aromatic heterocycles. The standard InChI is InChI=1S/C11H15F6NO3/c1-8(2,3)21-7(19)18-4-6(5-18)9(20,10(12,13)14)11(15,16)17/h6,20H,4-5H2,1-3H3. The number of ether oxygens (including phenoxy) is 1. The van der Waals surface area contributed by atoms with E-state index in [0.717, 1.165) is 0 Å². The van der Waals surface area contributed by atoms with Gasteiger partial charge in [0, 0.05) is 19.0 Å². The summed E-state index contributed by atoms with van der Waals surface area (Å²) in [5, 5.41) is 9.11. The molecule has 0 radical (unpaired) electrons. The molecule has 4 nitrogen and oxygen atoms in total. The number of hydrogen-bond donors (Lipinski definition) is 1. The van der Waals surface area contributed by atoms with Crippen molar-refractivity contribution in [3.63, 3.8) is 0 Å². The molecule has 0 saturated carbocycles. The van der Waals surface area contributed by atoms with Crippen LogP contribution in [0.2, 0.25) is 0 Å². The van der Waals surface area contributed by atoms with Crippen molar-refractivity contribution in [3.05, 3.63) is 0 Å². The minimum Gasteiger partial charge on any atom is -0.444 e. The molecule has 10 heteroatoms. The molecular weight excluding hydrogens is 308 g/mol. The summed E-state index contributed by atoms with van der Waals surface area (Å²) in [5.41, 5.74) is -5.76. The van der Waals surface area contributed by atoms with E-state index < -0.39 is 48.7 Å². The second-order valence-electron chi connectivity index (χ2n) is 5.84. The highest BCUT2D eigenvalue weighted by atomic mass is 19.4. The molecule has 0 spiro atoms. The van der Waals surface area contributed by atoms with Crippen molar-refractivity contribution < 1.29 is 41.0 Å². The van der Waals surface area contributed by atoms with Crippen molar-refractivity contribution in [2.75, 3.05) is 13.1 Å². The maximum atomic E-state index is 12.6. The van der Waals surface area contributed by atoms with Gasteiger partial charge in [-0.05, 0) is 20.8 Å². The molecular formula is C11H15F6NO3. The molecule has 0 unspecified atom stereocenters. The number of alkyl halides is 6. The lowest BCUT2D eigenvalue weighted by Crippen LogP contribution is -2.70. The lowest BCUT2D eigenvalue weighted by atomic mass is 9.80. The Labute approximate surface area is 116 Å². The topological polar surface area (TPSA) is 49.8 Å². The predicted molar refractivity (Wildman–Crippen MR) is 58.4 cm³/mol. The fourth-order valence-corrected chi connectivity index (χ4v) is 1.84. The first-order valence-corrected chi connectivity index (χ1v) is 5.93. The molecule has 1 saturated heterocycles. The zero-order valence-electron chi connectivity index (χ0n) is 11.5. The summed E-state index contributed by atoms with van der Waals surface area (Å²) in [6.45, 7) is 2.74. The molecule has 1 heterocycles. The number of nitrogens with zero attached hydrogens (tertiary/aromatic N) is 1. The number of hydrogen-bond acceptors (Lipinski definition) is 3. The van der Waals surface area contributed by atoms with Crippen molar-refractivity contribution in [2.45, 2.75) is 44.3 Å². The summed E-state index contributed by atoms with van der Waals surface area (Å²) in [5.74, 6) is -2.18. The quantitative estimate of drug-likeness (QED) is 0.755. The molecule has 21 heavy (non-hydrogen) atoms. The van der Waals surface area contributed by atoms with E-state index in [1.54, 1.807) is 0 Å². The van der Waals surface area contributed by atoms with Crippen LogP contribution >= 0.6 is 0 Å². The molecule has 1 rings (SSSR count). The number of rotatable bonds is 1. The zero-order valence-corrected chi connectivity index (χ0v) is 11.5. The first-order valence-electron chi connectivity index (χ1n) is 5.93. The summed E-state index contributed by atoms with van der Waals surface area (Å²) in [6.07, 6.45) is -12.8. The van der Waals surface area contributed by atoms with Gasteiger partial charge in [0.05, 0.1) is 0 Å². The van der Waals surface area contributed by atoms with Crippen molar-refractivity contribution in [2.24, 2.45) is 5.92 Å². The maximum Gasteiger partial charge on any atom is 0.426 e. The van der Waals surface area contributed by atoms with E-state index in [-0.39, 0.29) is 0 Å². The fraction of sp³-hybridized carbons (Fsp3) is 0.909. The first-order chi connectivity index (χ1) is 9.09. The van der Waals surface area contributed by atoms with E-state index in [0.29, 0.717) is 4.90 Å². The summed E-state index contributed by atoms with van der Waals surface area (Å²) in [4.78, 5) is 12.2. The molecule has 1 fully saturated rings. The Hall–Kier alpha value is -1.19. The van der Waals surface area contributed by atoms with Crippen molar-refractivity contribution in [1.82, 2.24) is 4.90 Å². The van der Waals surface area contributed by atoms with Crippen LogP contribution in [0.25, 0.3) is 0 Å². The summed E-state index contributed by atoms with van der Waals surface area (Å²) in [7, 11) is 0. The Morgan fingerprint density at radius 3 is 1.71 bits per heavy atom. The highest BCUT2D eigenvalue weighted by Gasteiger charge is 2.75. The number of amides is 1. The second kappa shape index (κ2) is 4.92. The normalized spacial score (nSPS) is 18.5. The van der Waals surface area contributed by atoms with Gasteiger partial charge in [-0.3, -0.25) is 0 Å². The predicted octanol–water partition coefficient (Wildman–Crippen LogP) is 2.71. The average Bonchev–Trinajstić information content (AvgIpc) is 2.07. The number of likely N-dealkylation sites (tertiary alicyclic amines) is 1. The van der Waals surface area contributed by atoms with Gasteiger partial charge in [-0.15, -0.1) is 0 Å². The highest BCUT2D eigenvalue weighted by molar-refractivity contribution is 5.69. The molecule has 0 aromatic carbocycles. The number of halogens is 6. The van der Waals surface area contributed by atoms with Crippen LogP contribution in [0.4, 0.5) is 31.1 Å². The van der Waals surface area contributed by atoms with Crippen LogP contribution in [0, 0.1) is 5.92 Å². The van der Waals surface area contributed by atoms with Crippen LogP contribution in [0.1, 0.15) is 20.8 Å². The molecule has 124 valence electrons. The third kappa shape index (κ3) is 3.35.